The van der Waals surface area contributed by atoms with Crippen molar-refractivity contribution in [3.63, 3.8) is 0 Å². The Morgan fingerprint density at radius 1 is 1.44 bits per heavy atom. The van der Waals surface area contributed by atoms with Gasteiger partial charge in [-0.1, -0.05) is 15.9 Å². The molecular weight excluding hydrogens is 268 g/mol. The standard InChI is InChI=1S/C11H13BrN4/c1-15-5-2-3-9(15)11-14-13-10-7-8(12)4-6-16(10)11/h4,6-7,9H,2-3,5H2,1H3. The van der Waals surface area contributed by atoms with Gasteiger partial charge in [0.1, 0.15) is 0 Å². The van der Waals surface area contributed by atoms with E-state index in [2.05, 4.69) is 42.5 Å². The third-order valence-corrected chi connectivity index (χ3v) is 3.71. The molecule has 4 nitrogen and oxygen atoms in total. The van der Waals surface area contributed by atoms with Crippen LogP contribution in [0.4, 0.5) is 0 Å². The van der Waals surface area contributed by atoms with Crippen LogP contribution in [0.3, 0.4) is 0 Å². The molecule has 0 aliphatic carbocycles. The Morgan fingerprint density at radius 3 is 3.06 bits per heavy atom. The highest BCUT2D eigenvalue weighted by Gasteiger charge is 2.26. The number of pyridine rings is 1. The molecule has 84 valence electrons. The highest BCUT2D eigenvalue weighted by Crippen LogP contribution is 2.29. The summed E-state index contributed by atoms with van der Waals surface area (Å²) < 4.78 is 3.12. The number of likely N-dealkylation sites (tertiary alicyclic amines) is 1. The molecular formula is C11H13BrN4. The topological polar surface area (TPSA) is 33.4 Å². The maximum atomic E-state index is 4.32. The van der Waals surface area contributed by atoms with Crippen molar-refractivity contribution < 1.29 is 0 Å². The summed E-state index contributed by atoms with van der Waals surface area (Å²) in [6, 6.07) is 4.43. The molecule has 1 fully saturated rings. The lowest BCUT2D eigenvalue weighted by Gasteiger charge is -2.17. The van der Waals surface area contributed by atoms with Crippen molar-refractivity contribution in [2.75, 3.05) is 13.6 Å². The predicted octanol–water partition coefficient (Wildman–Crippen LogP) is 2.26. The van der Waals surface area contributed by atoms with Gasteiger partial charge in [-0.3, -0.25) is 9.30 Å². The van der Waals surface area contributed by atoms with Crippen LogP contribution in [0, 0.1) is 0 Å². The number of halogens is 1. The van der Waals surface area contributed by atoms with Gasteiger partial charge < -0.3 is 0 Å². The molecule has 0 amide bonds. The molecule has 1 atom stereocenters. The Kier molecular flexibility index (Phi) is 2.44. The van der Waals surface area contributed by atoms with Crippen molar-refractivity contribution >= 4 is 21.6 Å². The minimum Gasteiger partial charge on any atom is -0.296 e. The summed E-state index contributed by atoms with van der Waals surface area (Å²) in [7, 11) is 2.15. The Bertz CT molecular complexity index is 522. The van der Waals surface area contributed by atoms with E-state index in [4.69, 9.17) is 0 Å². The zero-order valence-electron chi connectivity index (χ0n) is 9.10. The zero-order valence-corrected chi connectivity index (χ0v) is 10.7. The van der Waals surface area contributed by atoms with Crippen LogP contribution < -0.4 is 0 Å². The SMILES string of the molecule is CN1CCCC1c1nnc2cc(Br)ccn12. The summed E-state index contributed by atoms with van der Waals surface area (Å²) in [6.07, 6.45) is 4.45. The second-order valence-corrected chi connectivity index (χ2v) is 5.19. The number of rotatable bonds is 1. The van der Waals surface area contributed by atoms with Crippen molar-refractivity contribution in [2.45, 2.75) is 18.9 Å². The quantitative estimate of drug-likeness (QED) is 0.804. The lowest BCUT2D eigenvalue weighted by molar-refractivity contribution is 0.304. The number of nitrogens with zero attached hydrogens (tertiary/aromatic N) is 4. The second kappa shape index (κ2) is 3.82. The van der Waals surface area contributed by atoms with E-state index in [0.717, 1.165) is 22.5 Å². The molecule has 0 aromatic carbocycles. The third-order valence-electron chi connectivity index (χ3n) is 3.22. The van der Waals surface area contributed by atoms with E-state index < -0.39 is 0 Å². The van der Waals surface area contributed by atoms with E-state index in [1.807, 2.05) is 18.3 Å². The third kappa shape index (κ3) is 1.55. The summed E-state index contributed by atoms with van der Waals surface area (Å²) >= 11 is 3.45. The molecule has 1 aliphatic heterocycles. The first-order chi connectivity index (χ1) is 7.75. The van der Waals surface area contributed by atoms with Gasteiger partial charge in [0.25, 0.3) is 0 Å². The average Bonchev–Trinajstić information content (AvgIpc) is 2.83. The molecule has 2 aromatic rings. The summed E-state index contributed by atoms with van der Waals surface area (Å²) in [4.78, 5) is 2.35. The summed E-state index contributed by atoms with van der Waals surface area (Å²) in [5.74, 6) is 1.06. The van der Waals surface area contributed by atoms with Crippen LogP contribution in [-0.2, 0) is 0 Å². The Morgan fingerprint density at radius 2 is 2.31 bits per heavy atom. The van der Waals surface area contributed by atoms with E-state index in [1.165, 1.54) is 12.8 Å². The first kappa shape index (κ1) is 10.2. The zero-order chi connectivity index (χ0) is 11.1. The largest absolute Gasteiger partial charge is 0.296 e. The smallest absolute Gasteiger partial charge is 0.161 e. The molecule has 2 aromatic heterocycles. The van der Waals surface area contributed by atoms with Gasteiger partial charge in [0, 0.05) is 10.7 Å². The molecule has 0 saturated carbocycles. The second-order valence-electron chi connectivity index (χ2n) is 4.27. The van der Waals surface area contributed by atoms with Crippen molar-refractivity contribution in [3.8, 4) is 0 Å². The Hall–Kier alpha value is -0.940. The molecule has 0 bridgehead atoms. The van der Waals surface area contributed by atoms with E-state index in [9.17, 15) is 0 Å². The van der Waals surface area contributed by atoms with E-state index in [-0.39, 0.29) is 0 Å². The monoisotopic (exact) mass is 280 g/mol. The lowest BCUT2D eigenvalue weighted by Crippen LogP contribution is -2.19. The fourth-order valence-electron chi connectivity index (χ4n) is 2.35. The van der Waals surface area contributed by atoms with Crippen LogP contribution in [0.25, 0.3) is 5.65 Å². The van der Waals surface area contributed by atoms with Crippen LogP contribution in [-0.4, -0.2) is 33.1 Å². The van der Waals surface area contributed by atoms with Gasteiger partial charge in [0.2, 0.25) is 0 Å². The number of hydrogen-bond donors (Lipinski definition) is 0. The van der Waals surface area contributed by atoms with E-state index in [1.54, 1.807) is 0 Å². The van der Waals surface area contributed by atoms with Crippen molar-refractivity contribution in [3.05, 3.63) is 28.6 Å². The highest BCUT2D eigenvalue weighted by molar-refractivity contribution is 9.10. The molecule has 0 N–H and O–H groups in total. The predicted molar refractivity (Wildman–Crippen MR) is 65.3 cm³/mol. The number of aromatic nitrogens is 3. The highest BCUT2D eigenvalue weighted by atomic mass is 79.9. The minimum absolute atomic E-state index is 0.413. The van der Waals surface area contributed by atoms with Gasteiger partial charge in [0.15, 0.2) is 11.5 Å². The van der Waals surface area contributed by atoms with Crippen LogP contribution in [0.2, 0.25) is 0 Å². The van der Waals surface area contributed by atoms with Crippen molar-refractivity contribution in [1.29, 1.82) is 0 Å². The molecule has 5 heteroatoms. The number of hydrogen-bond acceptors (Lipinski definition) is 3. The van der Waals surface area contributed by atoms with E-state index in [0.29, 0.717) is 6.04 Å². The van der Waals surface area contributed by atoms with Gasteiger partial charge >= 0.3 is 0 Å². The van der Waals surface area contributed by atoms with Crippen LogP contribution >= 0.6 is 15.9 Å². The van der Waals surface area contributed by atoms with Crippen LogP contribution in [0.15, 0.2) is 22.8 Å². The van der Waals surface area contributed by atoms with Crippen LogP contribution in [0.1, 0.15) is 24.7 Å². The Balaban J connectivity index is 2.10. The first-order valence-corrected chi connectivity index (χ1v) is 6.25. The van der Waals surface area contributed by atoms with Gasteiger partial charge in [-0.25, -0.2) is 0 Å². The van der Waals surface area contributed by atoms with Crippen molar-refractivity contribution in [1.82, 2.24) is 19.5 Å². The lowest BCUT2D eigenvalue weighted by atomic mass is 10.2. The minimum atomic E-state index is 0.413. The molecule has 16 heavy (non-hydrogen) atoms. The Labute approximate surface area is 102 Å². The fourth-order valence-corrected chi connectivity index (χ4v) is 2.67. The normalized spacial score (nSPS) is 22.0. The molecule has 1 saturated heterocycles. The van der Waals surface area contributed by atoms with E-state index >= 15 is 0 Å². The molecule has 1 aliphatic rings. The first-order valence-electron chi connectivity index (χ1n) is 5.46. The molecule has 0 spiro atoms. The molecule has 3 rings (SSSR count). The van der Waals surface area contributed by atoms with Gasteiger partial charge in [0.05, 0.1) is 6.04 Å². The fraction of sp³-hybridized carbons (Fsp3) is 0.455. The van der Waals surface area contributed by atoms with Gasteiger partial charge in [-0.15, -0.1) is 10.2 Å². The number of fused-ring (bicyclic) bond motifs is 1. The van der Waals surface area contributed by atoms with Crippen molar-refractivity contribution in [2.24, 2.45) is 0 Å². The summed E-state index contributed by atoms with van der Waals surface area (Å²) in [6.45, 7) is 1.15. The van der Waals surface area contributed by atoms with Gasteiger partial charge in [-0.05, 0) is 38.6 Å². The summed E-state index contributed by atoms with van der Waals surface area (Å²) in [5, 5.41) is 8.53. The summed E-state index contributed by atoms with van der Waals surface area (Å²) in [5.41, 5.74) is 0.907. The molecule has 1 unspecified atom stereocenters. The average molecular weight is 281 g/mol. The van der Waals surface area contributed by atoms with Crippen LogP contribution in [0.5, 0.6) is 0 Å². The molecule has 3 heterocycles. The maximum Gasteiger partial charge on any atom is 0.161 e. The molecule has 0 radical (unpaired) electrons. The maximum absolute atomic E-state index is 4.32. The van der Waals surface area contributed by atoms with Gasteiger partial charge in [-0.2, -0.15) is 0 Å².